The van der Waals surface area contributed by atoms with Crippen molar-refractivity contribution in [3.05, 3.63) is 22.4 Å². The molecule has 1 aromatic heterocycles. The molecule has 0 saturated heterocycles. The van der Waals surface area contributed by atoms with Gasteiger partial charge in [0.05, 0.1) is 0 Å². The number of rotatable bonds is 4. The number of nitrogens with one attached hydrogen (secondary N) is 1. The Kier molecular flexibility index (Phi) is 3.81. The van der Waals surface area contributed by atoms with Gasteiger partial charge in [0, 0.05) is 6.04 Å². The van der Waals surface area contributed by atoms with Crippen LogP contribution in [0.1, 0.15) is 44.6 Å². The topological polar surface area (TPSA) is 12.0 Å². The summed E-state index contributed by atoms with van der Waals surface area (Å²) < 4.78 is 0. The Labute approximate surface area is 96.9 Å². The maximum absolute atomic E-state index is 3.68. The molecule has 2 heteroatoms. The highest BCUT2D eigenvalue weighted by Crippen LogP contribution is 2.40. The van der Waals surface area contributed by atoms with Gasteiger partial charge in [0.25, 0.3) is 0 Å². The molecule has 2 rings (SSSR count). The molecule has 1 aliphatic carbocycles. The SMILES string of the molecule is CCCNC1CCC(c2ccsc2)C1C. The summed E-state index contributed by atoms with van der Waals surface area (Å²) in [5, 5.41) is 8.20. The number of thiophene rings is 1. The van der Waals surface area contributed by atoms with E-state index in [9.17, 15) is 0 Å². The van der Waals surface area contributed by atoms with Crippen LogP contribution in [0.25, 0.3) is 0 Å². The molecule has 1 aromatic rings. The van der Waals surface area contributed by atoms with Gasteiger partial charge in [0.1, 0.15) is 0 Å². The molecule has 3 atom stereocenters. The lowest BCUT2D eigenvalue weighted by Crippen LogP contribution is -2.32. The molecular weight excluding hydrogens is 202 g/mol. The molecule has 0 aromatic carbocycles. The predicted octanol–water partition coefficient (Wildman–Crippen LogP) is 3.63. The standard InChI is InChI=1S/C13H21NS/c1-3-7-14-13-5-4-12(10(13)2)11-6-8-15-9-11/h6,8-10,12-14H,3-5,7H2,1-2H3. The van der Waals surface area contributed by atoms with Crippen molar-refractivity contribution >= 4 is 11.3 Å². The molecule has 84 valence electrons. The monoisotopic (exact) mass is 223 g/mol. The first-order chi connectivity index (χ1) is 7.33. The molecule has 0 radical (unpaired) electrons. The van der Waals surface area contributed by atoms with E-state index in [4.69, 9.17) is 0 Å². The van der Waals surface area contributed by atoms with Gasteiger partial charge >= 0.3 is 0 Å². The van der Waals surface area contributed by atoms with E-state index in [2.05, 4.69) is 36.0 Å². The van der Waals surface area contributed by atoms with E-state index >= 15 is 0 Å². The Morgan fingerprint density at radius 2 is 2.33 bits per heavy atom. The van der Waals surface area contributed by atoms with E-state index in [1.54, 1.807) is 5.56 Å². The van der Waals surface area contributed by atoms with Crippen molar-refractivity contribution < 1.29 is 0 Å². The lowest BCUT2D eigenvalue weighted by atomic mass is 9.91. The largest absolute Gasteiger partial charge is 0.314 e. The van der Waals surface area contributed by atoms with Crippen molar-refractivity contribution in [3.8, 4) is 0 Å². The first kappa shape index (κ1) is 11.2. The Morgan fingerprint density at radius 3 is 3.00 bits per heavy atom. The van der Waals surface area contributed by atoms with Crippen LogP contribution in [-0.4, -0.2) is 12.6 Å². The molecule has 15 heavy (non-hydrogen) atoms. The third-order valence-electron chi connectivity index (χ3n) is 3.69. The summed E-state index contributed by atoms with van der Waals surface area (Å²) in [6, 6.07) is 3.04. The number of hydrogen-bond donors (Lipinski definition) is 1. The van der Waals surface area contributed by atoms with Crippen LogP contribution >= 0.6 is 11.3 Å². The quantitative estimate of drug-likeness (QED) is 0.822. The van der Waals surface area contributed by atoms with Crippen molar-refractivity contribution in [1.29, 1.82) is 0 Å². The molecule has 0 aliphatic heterocycles. The summed E-state index contributed by atoms with van der Waals surface area (Å²) in [5.74, 6) is 1.59. The number of hydrogen-bond acceptors (Lipinski definition) is 2. The van der Waals surface area contributed by atoms with Crippen molar-refractivity contribution in [3.63, 3.8) is 0 Å². The minimum Gasteiger partial charge on any atom is -0.314 e. The Bertz CT molecular complexity index is 281. The van der Waals surface area contributed by atoms with Gasteiger partial charge in [-0.05, 0) is 60.0 Å². The highest BCUT2D eigenvalue weighted by atomic mass is 32.1. The first-order valence-corrected chi connectivity index (χ1v) is 7.02. The highest BCUT2D eigenvalue weighted by Gasteiger charge is 2.33. The van der Waals surface area contributed by atoms with Gasteiger partial charge in [0.15, 0.2) is 0 Å². The van der Waals surface area contributed by atoms with Crippen LogP contribution in [0.5, 0.6) is 0 Å². The summed E-state index contributed by atoms with van der Waals surface area (Å²) in [6.07, 6.45) is 3.95. The molecule has 1 N–H and O–H groups in total. The second-order valence-electron chi connectivity index (χ2n) is 4.66. The normalized spacial score (nSPS) is 30.9. The lowest BCUT2D eigenvalue weighted by molar-refractivity contribution is 0.405. The zero-order valence-electron chi connectivity index (χ0n) is 9.70. The second kappa shape index (κ2) is 5.13. The maximum Gasteiger partial charge on any atom is 0.00987 e. The molecule has 0 spiro atoms. The fourth-order valence-corrected chi connectivity index (χ4v) is 3.46. The smallest absolute Gasteiger partial charge is 0.00987 e. The van der Waals surface area contributed by atoms with Gasteiger partial charge < -0.3 is 5.32 Å². The summed E-state index contributed by atoms with van der Waals surface area (Å²) in [7, 11) is 0. The van der Waals surface area contributed by atoms with E-state index in [0.29, 0.717) is 0 Å². The summed E-state index contributed by atoms with van der Waals surface area (Å²) in [5.41, 5.74) is 1.56. The average molecular weight is 223 g/mol. The van der Waals surface area contributed by atoms with Crippen LogP contribution in [0, 0.1) is 5.92 Å². The lowest BCUT2D eigenvalue weighted by Gasteiger charge is -2.21. The molecule has 3 unspecified atom stereocenters. The van der Waals surface area contributed by atoms with Gasteiger partial charge in [-0.2, -0.15) is 11.3 Å². The zero-order valence-corrected chi connectivity index (χ0v) is 10.5. The van der Waals surface area contributed by atoms with E-state index < -0.39 is 0 Å². The maximum atomic E-state index is 3.68. The molecule has 1 nitrogen and oxygen atoms in total. The summed E-state index contributed by atoms with van der Waals surface area (Å²) in [4.78, 5) is 0. The van der Waals surface area contributed by atoms with Gasteiger partial charge in [-0.1, -0.05) is 13.8 Å². The second-order valence-corrected chi connectivity index (χ2v) is 5.44. The van der Waals surface area contributed by atoms with Crippen LogP contribution in [0.2, 0.25) is 0 Å². The van der Waals surface area contributed by atoms with Gasteiger partial charge in [-0.25, -0.2) is 0 Å². The Morgan fingerprint density at radius 1 is 1.47 bits per heavy atom. The van der Waals surface area contributed by atoms with Gasteiger partial charge in [0.2, 0.25) is 0 Å². The highest BCUT2D eigenvalue weighted by molar-refractivity contribution is 7.07. The van der Waals surface area contributed by atoms with Gasteiger partial charge in [-0.15, -0.1) is 0 Å². The third kappa shape index (κ3) is 2.43. The Balaban J connectivity index is 1.95. The Hall–Kier alpha value is -0.340. The van der Waals surface area contributed by atoms with Crippen molar-refractivity contribution in [2.45, 2.75) is 45.1 Å². The molecular formula is C13H21NS. The van der Waals surface area contributed by atoms with Crippen molar-refractivity contribution in [1.82, 2.24) is 5.32 Å². The first-order valence-electron chi connectivity index (χ1n) is 6.08. The fourth-order valence-electron chi connectivity index (χ4n) is 2.74. The van der Waals surface area contributed by atoms with Gasteiger partial charge in [-0.3, -0.25) is 0 Å². The predicted molar refractivity (Wildman–Crippen MR) is 67.5 cm³/mol. The van der Waals surface area contributed by atoms with E-state index in [0.717, 1.165) is 17.9 Å². The van der Waals surface area contributed by atoms with E-state index in [-0.39, 0.29) is 0 Å². The summed E-state index contributed by atoms with van der Waals surface area (Å²) in [6.45, 7) is 5.82. The van der Waals surface area contributed by atoms with Crippen LogP contribution in [-0.2, 0) is 0 Å². The molecule has 0 bridgehead atoms. The summed E-state index contributed by atoms with van der Waals surface area (Å²) >= 11 is 1.83. The molecule has 0 amide bonds. The molecule has 1 heterocycles. The molecule has 1 saturated carbocycles. The fraction of sp³-hybridized carbons (Fsp3) is 0.692. The zero-order chi connectivity index (χ0) is 10.7. The van der Waals surface area contributed by atoms with Crippen LogP contribution in [0.4, 0.5) is 0 Å². The minimum atomic E-state index is 0.745. The van der Waals surface area contributed by atoms with E-state index in [1.807, 2.05) is 11.3 Å². The third-order valence-corrected chi connectivity index (χ3v) is 4.39. The van der Waals surface area contributed by atoms with Crippen molar-refractivity contribution in [2.75, 3.05) is 6.54 Å². The van der Waals surface area contributed by atoms with Crippen molar-refractivity contribution in [2.24, 2.45) is 5.92 Å². The molecule has 1 fully saturated rings. The van der Waals surface area contributed by atoms with Crippen LogP contribution in [0.3, 0.4) is 0 Å². The van der Waals surface area contributed by atoms with E-state index in [1.165, 1.54) is 25.8 Å². The van der Waals surface area contributed by atoms with Crippen LogP contribution in [0.15, 0.2) is 16.8 Å². The average Bonchev–Trinajstić information content (AvgIpc) is 2.84. The molecule has 1 aliphatic rings. The minimum absolute atomic E-state index is 0.745. The van der Waals surface area contributed by atoms with Crippen LogP contribution < -0.4 is 5.32 Å².